The van der Waals surface area contributed by atoms with Gasteiger partial charge in [0.15, 0.2) is 5.82 Å². The zero-order chi connectivity index (χ0) is 15.8. The third-order valence-electron chi connectivity index (χ3n) is 3.54. The van der Waals surface area contributed by atoms with E-state index in [9.17, 15) is 0 Å². The molecule has 0 fully saturated rings. The summed E-state index contributed by atoms with van der Waals surface area (Å²) < 4.78 is 0. The second-order valence-corrected chi connectivity index (χ2v) is 7.46. The van der Waals surface area contributed by atoms with E-state index >= 15 is 0 Å². The van der Waals surface area contributed by atoms with Crippen molar-refractivity contribution in [2.75, 3.05) is 5.73 Å². The fraction of sp³-hybridized carbons (Fsp3) is 0.118. The summed E-state index contributed by atoms with van der Waals surface area (Å²) >= 11 is 3.26. The lowest BCUT2D eigenvalue weighted by molar-refractivity contribution is 1.19. The maximum Gasteiger partial charge on any atom is 0.182 e. The summed E-state index contributed by atoms with van der Waals surface area (Å²) in [5.41, 5.74) is 8.21. The van der Waals surface area contributed by atoms with Crippen LogP contribution in [0.2, 0.25) is 0 Å². The lowest BCUT2D eigenvalue weighted by Gasteiger charge is -1.98. The number of anilines is 1. The minimum atomic E-state index is 0.520. The molecule has 0 saturated carbocycles. The van der Waals surface area contributed by atoms with Gasteiger partial charge in [0.1, 0.15) is 16.3 Å². The van der Waals surface area contributed by atoms with Gasteiger partial charge in [-0.25, -0.2) is 15.0 Å². The van der Waals surface area contributed by atoms with E-state index in [1.165, 1.54) is 10.4 Å². The Balaban J connectivity index is 1.75. The van der Waals surface area contributed by atoms with E-state index in [4.69, 9.17) is 5.73 Å². The maximum atomic E-state index is 6.14. The smallest absolute Gasteiger partial charge is 0.182 e. The van der Waals surface area contributed by atoms with Crippen LogP contribution >= 0.6 is 22.7 Å². The van der Waals surface area contributed by atoms with Crippen LogP contribution in [0.1, 0.15) is 15.4 Å². The van der Waals surface area contributed by atoms with E-state index < -0.39 is 0 Å². The van der Waals surface area contributed by atoms with Crippen LogP contribution in [0.3, 0.4) is 0 Å². The van der Waals surface area contributed by atoms with Crippen LogP contribution in [-0.4, -0.2) is 15.0 Å². The van der Waals surface area contributed by atoms with Crippen molar-refractivity contribution in [3.63, 3.8) is 0 Å². The third kappa shape index (κ3) is 2.83. The van der Waals surface area contributed by atoms with Gasteiger partial charge in [-0.2, -0.15) is 0 Å². The molecule has 0 amide bonds. The SMILES string of the molecule is Cc1nc(-c2nc(N)c3cc(Cc4ccccc4)sc3n2)cs1. The Kier molecular flexibility index (Phi) is 3.55. The van der Waals surface area contributed by atoms with Crippen molar-refractivity contribution in [1.82, 2.24) is 15.0 Å². The highest BCUT2D eigenvalue weighted by Crippen LogP contribution is 2.31. The number of hydrogen-bond acceptors (Lipinski definition) is 6. The molecule has 23 heavy (non-hydrogen) atoms. The van der Waals surface area contributed by atoms with Gasteiger partial charge in [-0.3, -0.25) is 0 Å². The Hall–Kier alpha value is -2.31. The molecule has 4 nitrogen and oxygen atoms in total. The molecule has 0 aliphatic carbocycles. The first-order chi connectivity index (χ1) is 11.2. The van der Waals surface area contributed by atoms with Gasteiger partial charge in [-0.1, -0.05) is 30.3 Å². The molecule has 4 rings (SSSR count). The van der Waals surface area contributed by atoms with Gasteiger partial charge in [-0.15, -0.1) is 22.7 Å². The summed E-state index contributed by atoms with van der Waals surface area (Å²) in [4.78, 5) is 15.7. The lowest BCUT2D eigenvalue weighted by atomic mass is 10.1. The molecular formula is C17H14N4S2. The summed E-state index contributed by atoms with van der Waals surface area (Å²) in [5, 5.41) is 3.89. The molecule has 0 spiro atoms. The Morgan fingerprint density at radius 1 is 1.09 bits per heavy atom. The predicted molar refractivity (Wildman–Crippen MR) is 96.9 cm³/mol. The average molecular weight is 338 g/mol. The fourth-order valence-corrected chi connectivity index (χ4v) is 4.12. The van der Waals surface area contributed by atoms with Gasteiger partial charge in [0, 0.05) is 16.7 Å². The molecule has 0 atom stereocenters. The molecule has 0 saturated heterocycles. The van der Waals surface area contributed by atoms with Crippen LogP contribution in [0.5, 0.6) is 0 Å². The molecule has 0 aliphatic rings. The van der Waals surface area contributed by atoms with Crippen molar-refractivity contribution >= 4 is 38.7 Å². The topological polar surface area (TPSA) is 64.7 Å². The van der Waals surface area contributed by atoms with E-state index in [1.54, 1.807) is 22.7 Å². The normalized spacial score (nSPS) is 11.2. The van der Waals surface area contributed by atoms with E-state index in [-0.39, 0.29) is 0 Å². The van der Waals surface area contributed by atoms with Crippen LogP contribution in [0, 0.1) is 6.92 Å². The number of fused-ring (bicyclic) bond motifs is 1. The first-order valence-corrected chi connectivity index (χ1v) is 8.91. The third-order valence-corrected chi connectivity index (χ3v) is 5.34. The Labute approximate surface area is 141 Å². The first-order valence-electron chi connectivity index (χ1n) is 7.21. The lowest BCUT2D eigenvalue weighted by Crippen LogP contribution is -1.96. The van der Waals surface area contributed by atoms with Gasteiger partial charge in [0.2, 0.25) is 0 Å². The van der Waals surface area contributed by atoms with Crippen LogP contribution in [-0.2, 0) is 6.42 Å². The van der Waals surface area contributed by atoms with Crippen molar-refractivity contribution in [3.05, 3.63) is 57.2 Å². The van der Waals surface area contributed by atoms with E-state index in [1.807, 2.05) is 18.4 Å². The van der Waals surface area contributed by atoms with Crippen LogP contribution in [0.25, 0.3) is 21.7 Å². The van der Waals surface area contributed by atoms with E-state index in [0.29, 0.717) is 11.6 Å². The summed E-state index contributed by atoms with van der Waals surface area (Å²) in [7, 11) is 0. The number of hydrogen-bond donors (Lipinski definition) is 1. The number of nitrogens with zero attached hydrogens (tertiary/aromatic N) is 3. The second kappa shape index (κ2) is 5.72. The number of nitrogen functional groups attached to an aromatic ring is 1. The molecule has 0 unspecified atom stereocenters. The van der Waals surface area contributed by atoms with Crippen LogP contribution in [0.4, 0.5) is 5.82 Å². The number of aryl methyl sites for hydroxylation is 1. The second-order valence-electron chi connectivity index (χ2n) is 5.28. The van der Waals surface area contributed by atoms with Crippen molar-refractivity contribution in [2.45, 2.75) is 13.3 Å². The first kappa shape index (κ1) is 14.3. The Morgan fingerprint density at radius 2 is 1.91 bits per heavy atom. The number of nitrogens with two attached hydrogens (primary N) is 1. The summed E-state index contributed by atoms with van der Waals surface area (Å²) in [5.74, 6) is 1.12. The predicted octanol–water partition coefficient (Wildman–Crippen LogP) is 4.30. The number of benzene rings is 1. The summed E-state index contributed by atoms with van der Waals surface area (Å²) in [6.07, 6.45) is 0.881. The standard InChI is InChI=1S/C17H14N4S2/c1-10-19-14(9-22-10)16-20-15(18)13-8-12(23-17(13)21-16)7-11-5-3-2-4-6-11/h2-6,8-9H,7H2,1H3,(H2,18,20,21). The number of rotatable bonds is 3. The van der Waals surface area contributed by atoms with Crippen molar-refractivity contribution < 1.29 is 0 Å². The van der Waals surface area contributed by atoms with Crippen molar-refractivity contribution in [1.29, 1.82) is 0 Å². The van der Waals surface area contributed by atoms with Crippen molar-refractivity contribution in [2.24, 2.45) is 0 Å². The molecule has 2 N–H and O–H groups in total. The average Bonchev–Trinajstić information content (AvgIpc) is 3.14. The largest absolute Gasteiger partial charge is 0.383 e. The van der Waals surface area contributed by atoms with E-state index in [0.717, 1.165) is 27.3 Å². The molecular weight excluding hydrogens is 324 g/mol. The van der Waals surface area contributed by atoms with Gasteiger partial charge >= 0.3 is 0 Å². The molecule has 114 valence electrons. The molecule has 6 heteroatoms. The number of thiophene rings is 1. The fourth-order valence-electron chi connectivity index (χ4n) is 2.46. The van der Waals surface area contributed by atoms with Crippen LogP contribution in [0.15, 0.2) is 41.8 Å². The minimum absolute atomic E-state index is 0.520. The van der Waals surface area contributed by atoms with Gasteiger partial charge in [-0.05, 0) is 18.6 Å². The van der Waals surface area contributed by atoms with Crippen LogP contribution < -0.4 is 5.73 Å². The molecule has 4 aromatic rings. The highest BCUT2D eigenvalue weighted by molar-refractivity contribution is 7.18. The molecule has 0 aliphatic heterocycles. The summed E-state index contributed by atoms with van der Waals surface area (Å²) in [6, 6.07) is 12.5. The van der Waals surface area contributed by atoms with Gasteiger partial charge in [0.25, 0.3) is 0 Å². The van der Waals surface area contributed by atoms with Crippen molar-refractivity contribution in [3.8, 4) is 11.5 Å². The van der Waals surface area contributed by atoms with Gasteiger partial charge in [0.05, 0.1) is 10.4 Å². The molecule has 0 radical (unpaired) electrons. The highest BCUT2D eigenvalue weighted by atomic mass is 32.1. The molecule has 3 heterocycles. The quantitative estimate of drug-likeness (QED) is 0.605. The van der Waals surface area contributed by atoms with E-state index in [2.05, 4.69) is 45.3 Å². The van der Waals surface area contributed by atoms with Gasteiger partial charge < -0.3 is 5.73 Å². The molecule has 1 aromatic carbocycles. The maximum absolute atomic E-state index is 6.14. The zero-order valence-electron chi connectivity index (χ0n) is 12.5. The monoisotopic (exact) mass is 338 g/mol. The summed E-state index contributed by atoms with van der Waals surface area (Å²) in [6.45, 7) is 1.97. The number of aromatic nitrogens is 3. The molecule has 3 aromatic heterocycles. The minimum Gasteiger partial charge on any atom is -0.383 e. The molecule has 0 bridgehead atoms. The highest BCUT2D eigenvalue weighted by Gasteiger charge is 2.13. The zero-order valence-corrected chi connectivity index (χ0v) is 14.1. The Morgan fingerprint density at radius 3 is 2.65 bits per heavy atom. The number of thiazole rings is 1. The Bertz CT molecular complexity index is 973.